The zero-order chi connectivity index (χ0) is 17.1. The first kappa shape index (κ1) is 16.7. The van der Waals surface area contributed by atoms with E-state index in [9.17, 15) is 9.59 Å². The fourth-order valence-corrected chi connectivity index (χ4v) is 3.55. The minimum atomic E-state index is -0.0502. The van der Waals surface area contributed by atoms with E-state index in [0.717, 1.165) is 17.7 Å². The third-order valence-corrected chi connectivity index (χ3v) is 5.14. The van der Waals surface area contributed by atoms with Gasteiger partial charge in [-0.1, -0.05) is 0 Å². The molecule has 3 rings (SSSR count). The van der Waals surface area contributed by atoms with Crippen LogP contribution in [0.15, 0.2) is 22.9 Å². The Morgan fingerprint density at radius 2 is 1.96 bits per heavy atom. The van der Waals surface area contributed by atoms with E-state index < -0.39 is 0 Å². The Morgan fingerprint density at radius 1 is 1.21 bits per heavy atom. The molecule has 0 aliphatic carbocycles. The Balaban J connectivity index is 1.60. The molecule has 0 spiro atoms. The molecule has 1 aliphatic rings. The summed E-state index contributed by atoms with van der Waals surface area (Å²) in [7, 11) is 1.83. The molecule has 3 heterocycles. The smallest absolute Gasteiger partial charge is 0.274 e. The van der Waals surface area contributed by atoms with Crippen molar-refractivity contribution in [3.05, 3.63) is 39.8 Å². The highest BCUT2D eigenvalue weighted by atomic mass is 32.1. The van der Waals surface area contributed by atoms with Crippen molar-refractivity contribution in [3.63, 3.8) is 0 Å². The molecule has 1 aliphatic heterocycles. The highest BCUT2D eigenvalue weighted by molar-refractivity contribution is 7.08. The summed E-state index contributed by atoms with van der Waals surface area (Å²) in [6, 6.07) is 3.80. The first-order chi connectivity index (χ1) is 11.5. The molecule has 6 nitrogen and oxygen atoms in total. The first-order valence-electron chi connectivity index (χ1n) is 8.13. The molecule has 0 bridgehead atoms. The molecule has 0 saturated carbocycles. The van der Waals surface area contributed by atoms with Gasteiger partial charge in [-0.3, -0.25) is 14.3 Å². The van der Waals surface area contributed by atoms with Crippen LogP contribution in [0.5, 0.6) is 0 Å². The molecular formula is C17H22N4O2S. The van der Waals surface area contributed by atoms with Gasteiger partial charge in [-0.15, -0.1) is 0 Å². The number of aromatic nitrogens is 2. The van der Waals surface area contributed by atoms with Gasteiger partial charge in [0, 0.05) is 38.9 Å². The second-order valence-electron chi connectivity index (χ2n) is 6.13. The molecule has 2 aromatic heterocycles. The predicted molar refractivity (Wildman–Crippen MR) is 93.1 cm³/mol. The fourth-order valence-electron chi connectivity index (χ4n) is 2.88. The maximum absolute atomic E-state index is 12.6. The number of thiophene rings is 1. The van der Waals surface area contributed by atoms with Gasteiger partial charge in [0.1, 0.15) is 0 Å². The number of amides is 2. The molecule has 2 aromatic rings. The van der Waals surface area contributed by atoms with Crippen molar-refractivity contribution in [2.75, 3.05) is 26.2 Å². The topological polar surface area (TPSA) is 58.4 Å². The normalized spacial score (nSPS) is 15.4. The van der Waals surface area contributed by atoms with E-state index in [-0.39, 0.29) is 11.8 Å². The molecular weight excluding hydrogens is 324 g/mol. The van der Waals surface area contributed by atoms with Crippen molar-refractivity contribution in [3.8, 4) is 0 Å². The summed E-state index contributed by atoms with van der Waals surface area (Å²) in [6.45, 7) is 4.44. The average molecular weight is 346 g/mol. The van der Waals surface area contributed by atoms with Gasteiger partial charge in [-0.25, -0.2) is 0 Å². The van der Waals surface area contributed by atoms with E-state index in [1.165, 1.54) is 0 Å². The van der Waals surface area contributed by atoms with Gasteiger partial charge in [-0.2, -0.15) is 16.4 Å². The predicted octanol–water partition coefficient (Wildman–Crippen LogP) is 1.71. The molecule has 2 amide bonds. The second kappa shape index (κ2) is 7.17. The third-order valence-electron chi connectivity index (χ3n) is 4.40. The van der Waals surface area contributed by atoms with Crippen LogP contribution in [0, 0.1) is 6.92 Å². The minimum absolute atomic E-state index is 0.0502. The lowest BCUT2D eigenvalue weighted by Gasteiger charge is -2.21. The molecule has 24 heavy (non-hydrogen) atoms. The van der Waals surface area contributed by atoms with Crippen LogP contribution in [-0.2, 0) is 18.3 Å². The highest BCUT2D eigenvalue weighted by Gasteiger charge is 2.24. The van der Waals surface area contributed by atoms with Gasteiger partial charge in [0.25, 0.3) is 5.91 Å². The van der Waals surface area contributed by atoms with E-state index in [1.54, 1.807) is 20.9 Å². The Labute approximate surface area is 145 Å². The molecule has 0 unspecified atom stereocenters. The highest BCUT2D eigenvalue weighted by Crippen LogP contribution is 2.12. The number of hydrogen-bond donors (Lipinski definition) is 0. The van der Waals surface area contributed by atoms with Crippen molar-refractivity contribution in [1.29, 1.82) is 0 Å². The van der Waals surface area contributed by atoms with Gasteiger partial charge < -0.3 is 9.80 Å². The largest absolute Gasteiger partial charge is 0.341 e. The van der Waals surface area contributed by atoms with Crippen LogP contribution < -0.4 is 0 Å². The summed E-state index contributed by atoms with van der Waals surface area (Å²) in [6.07, 6.45) is 1.24. The summed E-state index contributed by atoms with van der Waals surface area (Å²) < 4.78 is 1.71. The van der Waals surface area contributed by atoms with Crippen molar-refractivity contribution >= 4 is 23.2 Å². The van der Waals surface area contributed by atoms with Gasteiger partial charge >= 0.3 is 0 Å². The lowest BCUT2D eigenvalue weighted by atomic mass is 10.2. The molecule has 128 valence electrons. The van der Waals surface area contributed by atoms with Crippen LogP contribution in [0.1, 0.15) is 28.2 Å². The standard InChI is InChI=1S/C17H22N4O2S/c1-13-10-15(18-19(13)2)17(23)21-6-3-5-20(7-8-21)16(22)11-14-4-9-24-12-14/h4,9-10,12H,3,5-8,11H2,1-2H3. The minimum Gasteiger partial charge on any atom is -0.341 e. The fraction of sp³-hybridized carbons (Fsp3) is 0.471. The molecule has 0 radical (unpaired) electrons. The number of carbonyl (C=O) groups excluding carboxylic acids is 2. The molecule has 0 N–H and O–H groups in total. The van der Waals surface area contributed by atoms with Gasteiger partial charge in [0.05, 0.1) is 6.42 Å². The molecule has 1 saturated heterocycles. The summed E-state index contributed by atoms with van der Waals surface area (Å²) in [4.78, 5) is 28.7. The maximum atomic E-state index is 12.6. The third kappa shape index (κ3) is 3.67. The Morgan fingerprint density at radius 3 is 2.62 bits per heavy atom. The first-order valence-corrected chi connectivity index (χ1v) is 9.07. The van der Waals surface area contributed by atoms with Gasteiger partial charge in [0.2, 0.25) is 5.91 Å². The summed E-state index contributed by atoms with van der Waals surface area (Å²) in [5, 5.41) is 8.26. The lowest BCUT2D eigenvalue weighted by Crippen LogP contribution is -2.38. The monoisotopic (exact) mass is 346 g/mol. The number of aryl methyl sites for hydroxylation is 2. The van der Waals surface area contributed by atoms with Crippen molar-refractivity contribution in [2.45, 2.75) is 19.8 Å². The number of carbonyl (C=O) groups is 2. The average Bonchev–Trinajstić information content (AvgIpc) is 3.09. The van der Waals surface area contributed by atoms with Crippen molar-refractivity contribution in [2.24, 2.45) is 7.05 Å². The summed E-state index contributed by atoms with van der Waals surface area (Å²) in [5.74, 6) is 0.0854. The van der Waals surface area contributed by atoms with Crippen LogP contribution >= 0.6 is 11.3 Å². The molecule has 0 aromatic carbocycles. The van der Waals surface area contributed by atoms with E-state index >= 15 is 0 Å². The van der Waals surface area contributed by atoms with Crippen LogP contribution in [0.2, 0.25) is 0 Å². The number of hydrogen-bond acceptors (Lipinski definition) is 4. The summed E-state index contributed by atoms with van der Waals surface area (Å²) in [5.41, 5.74) is 2.50. The quantitative estimate of drug-likeness (QED) is 0.850. The molecule has 0 atom stereocenters. The Kier molecular flexibility index (Phi) is 4.99. The van der Waals surface area contributed by atoms with E-state index in [1.807, 2.05) is 41.8 Å². The zero-order valence-electron chi connectivity index (χ0n) is 14.1. The van der Waals surface area contributed by atoms with Crippen LogP contribution in [0.4, 0.5) is 0 Å². The zero-order valence-corrected chi connectivity index (χ0v) is 14.9. The van der Waals surface area contributed by atoms with Gasteiger partial charge in [0.15, 0.2) is 5.69 Å². The van der Waals surface area contributed by atoms with Crippen LogP contribution in [-0.4, -0.2) is 57.6 Å². The number of nitrogens with zero attached hydrogens (tertiary/aromatic N) is 4. The van der Waals surface area contributed by atoms with E-state index in [4.69, 9.17) is 0 Å². The van der Waals surface area contributed by atoms with Gasteiger partial charge in [-0.05, 0) is 41.8 Å². The number of rotatable bonds is 3. The molecule has 7 heteroatoms. The molecule has 1 fully saturated rings. The lowest BCUT2D eigenvalue weighted by molar-refractivity contribution is -0.130. The second-order valence-corrected chi connectivity index (χ2v) is 6.91. The Hall–Kier alpha value is -2.15. The van der Waals surface area contributed by atoms with E-state index in [2.05, 4.69) is 5.10 Å². The van der Waals surface area contributed by atoms with Crippen LogP contribution in [0.3, 0.4) is 0 Å². The maximum Gasteiger partial charge on any atom is 0.274 e. The SMILES string of the molecule is Cc1cc(C(=O)N2CCCN(C(=O)Cc3ccsc3)CC2)nn1C. The van der Waals surface area contributed by atoms with Crippen LogP contribution in [0.25, 0.3) is 0 Å². The summed E-state index contributed by atoms with van der Waals surface area (Å²) >= 11 is 1.60. The van der Waals surface area contributed by atoms with Crippen molar-refractivity contribution < 1.29 is 9.59 Å². The Bertz CT molecular complexity index is 704. The van der Waals surface area contributed by atoms with E-state index in [0.29, 0.717) is 38.3 Å². The van der Waals surface area contributed by atoms with Crippen molar-refractivity contribution in [1.82, 2.24) is 19.6 Å².